The fourth-order valence-electron chi connectivity index (χ4n) is 6.88. The van der Waals surface area contributed by atoms with Gasteiger partial charge in [-0.05, 0) is 67.7 Å². The predicted octanol–water partition coefficient (Wildman–Crippen LogP) is 11.1. The second kappa shape index (κ2) is 8.55. The summed E-state index contributed by atoms with van der Waals surface area (Å²) in [7, 11) is 0. The van der Waals surface area contributed by atoms with Crippen LogP contribution in [0, 0.1) is 0 Å². The largest absolute Gasteiger partial charge is 0.309 e. The van der Waals surface area contributed by atoms with Crippen molar-refractivity contribution in [2.45, 2.75) is 0 Å². The van der Waals surface area contributed by atoms with Crippen LogP contribution in [-0.2, 0) is 0 Å². The third-order valence-corrected chi connectivity index (χ3v) is 8.73. The lowest BCUT2D eigenvalue weighted by molar-refractivity contribution is 1.19. The van der Waals surface area contributed by atoms with Gasteiger partial charge in [-0.3, -0.25) is 0 Å². The minimum absolute atomic E-state index is 1.17. The van der Waals surface area contributed by atoms with Gasteiger partial charge in [0.1, 0.15) is 0 Å². The zero-order chi connectivity index (χ0) is 26.9. The molecule has 8 aromatic carbocycles. The van der Waals surface area contributed by atoms with E-state index in [1.807, 2.05) is 0 Å². The molecule has 1 nitrogen and oxygen atoms in total. The Morgan fingerprint density at radius 2 is 0.951 bits per heavy atom. The first-order valence-corrected chi connectivity index (χ1v) is 14.2. The Morgan fingerprint density at radius 1 is 0.341 bits per heavy atom. The average Bonchev–Trinajstić information content (AvgIpc) is 3.40. The molecule has 1 heterocycles. The predicted molar refractivity (Wildman–Crippen MR) is 176 cm³/mol. The van der Waals surface area contributed by atoms with Crippen LogP contribution in [0.2, 0.25) is 0 Å². The molecule has 9 aromatic rings. The molecule has 1 heteroatoms. The Bertz CT molecular complexity index is 2460. The highest BCUT2D eigenvalue weighted by Gasteiger charge is 2.20. The highest BCUT2D eigenvalue weighted by atomic mass is 15.0. The number of rotatable bonds is 2. The molecule has 0 aliphatic carbocycles. The van der Waals surface area contributed by atoms with Gasteiger partial charge in [0, 0.05) is 27.2 Å². The van der Waals surface area contributed by atoms with Crippen LogP contribution in [0.15, 0.2) is 152 Å². The highest BCUT2D eigenvalue weighted by Crippen LogP contribution is 2.44. The molecule has 0 N–H and O–H groups in total. The molecule has 0 spiro atoms. The lowest BCUT2D eigenvalue weighted by Gasteiger charge is -2.14. The maximum atomic E-state index is 2.47. The van der Waals surface area contributed by atoms with Gasteiger partial charge in [-0.15, -0.1) is 0 Å². The summed E-state index contributed by atoms with van der Waals surface area (Å²) in [6.07, 6.45) is 0. The van der Waals surface area contributed by atoms with E-state index in [1.165, 1.54) is 81.7 Å². The summed E-state index contributed by atoms with van der Waals surface area (Å²) in [6.45, 7) is 0. The number of para-hydroxylation sites is 1. The second-order valence-electron chi connectivity index (χ2n) is 10.9. The molecule has 0 saturated carbocycles. The van der Waals surface area contributed by atoms with E-state index < -0.39 is 0 Å². The monoisotopic (exact) mass is 519 g/mol. The van der Waals surface area contributed by atoms with Gasteiger partial charge in [0.25, 0.3) is 0 Å². The first-order valence-electron chi connectivity index (χ1n) is 14.2. The molecule has 0 bridgehead atoms. The summed E-state index contributed by atoms with van der Waals surface area (Å²) >= 11 is 0. The molecule has 0 aliphatic rings. The molecule has 1 aromatic heterocycles. The fraction of sp³-hybridized carbons (Fsp3) is 0. The van der Waals surface area contributed by atoms with Gasteiger partial charge in [0.15, 0.2) is 0 Å². The molecule has 0 radical (unpaired) electrons. The minimum atomic E-state index is 1.17. The van der Waals surface area contributed by atoms with Crippen LogP contribution in [0.5, 0.6) is 0 Å². The van der Waals surface area contributed by atoms with E-state index in [1.54, 1.807) is 0 Å². The van der Waals surface area contributed by atoms with Gasteiger partial charge in [0.2, 0.25) is 0 Å². The van der Waals surface area contributed by atoms with E-state index in [0.717, 1.165) is 0 Å². The smallest absolute Gasteiger partial charge is 0.0626 e. The Hall–Kier alpha value is -5.40. The standard InChI is InChI=1S/C40H25N/c1-2-11-29-25-30(18-17-26(29)9-1)27-19-22-31(23-20-27)41-37-16-8-7-15-36(37)39-38-32-12-4-3-10-28(32)21-24-34(38)33-13-5-6-14-35(33)40(39)41/h1-25H. The van der Waals surface area contributed by atoms with E-state index in [-0.39, 0.29) is 0 Å². The van der Waals surface area contributed by atoms with Crippen molar-refractivity contribution < 1.29 is 0 Å². The van der Waals surface area contributed by atoms with Crippen molar-refractivity contribution in [3.63, 3.8) is 0 Å². The Balaban J connectivity index is 1.38. The van der Waals surface area contributed by atoms with Crippen molar-refractivity contribution in [3.05, 3.63) is 152 Å². The van der Waals surface area contributed by atoms with E-state index in [2.05, 4.69) is 156 Å². The SMILES string of the molecule is c1ccc2cc(-c3ccc(-n4c5ccccc5c5c6c7ccccc7ccc6c6ccccc6c54)cc3)ccc2c1. The normalized spacial score (nSPS) is 11.9. The van der Waals surface area contributed by atoms with Gasteiger partial charge in [-0.1, -0.05) is 127 Å². The number of aromatic nitrogens is 1. The first kappa shape index (κ1) is 22.4. The lowest BCUT2D eigenvalue weighted by atomic mass is 9.93. The number of fused-ring (bicyclic) bond motifs is 11. The van der Waals surface area contributed by atoms with E-state index >= 15 is 0 Å². The molecular formula is C40H25N. The Kier molecular flexibility index (Phi) is 4.67. The van der Waals surface area contributed by atoms with E-state index in [9.17, 15) is 0 Å². The minimum Gasteiger partial charge on any atom is -0.309 e. The maximum Gasteiger partial charge on any atom is 0.0626 e. The summed E-state index contributed by atoms with van der Waals surface area (Å²) in [6, 6.07) is 55.5. The third kappa shape index (κ3) is 3.24. The van der Waals surface area contributed by atoms with Crippen molar-refractivity contribution in [1.29, 1.82) is 0 Å². The van der Waals surface area contributed by atoms with Crippen LogP contribution >= 0.6 is 0 Å². The van der Waals surface area contributed by atoms with Gasteiger partial charge in [-0.25, -0.2) is 0 Å². The number of hydrogen-bond acceptors (Lipinski definition) is 0. The molecule has 9 rings (SSSR count). The van der Waals surface area contributed by atoms with Crippen molar-refractivity contribution in [2.75, 3.05) is 0 Å². The molecule has 0 fully saturated rings. The molecule has 190 valence electrons. The lowest BCUT2D eigenvalue weighted by Crippen LogP contribution is -1.95. The zero-order valence-electron chi connectivity index (χ0n) is 22.4. The summed E-state index contributed by atoms with van der Waals surface area (Å²) in [5.41, 5.74) is 6.13. The topological polar surface area (TPSA) is 4.93 Å². The molecule has 0 atom stereocenters. The third-order valence-electron chi connectivity index (χ3n) is 8.73. The molecule has 41 heavy (non-hydrogen) atoms. The van der Waals surface area contributed by atoms with Crippen LogP contribution in [0.3, 0.4) is 0 Å². The molecule has 0 aliphatic heterocycles. The Labute approximate surface area is 237 Å². The quantitative estimate of drug-likeness (QED) is 0.200. The van der Waals surface area contributed by atoms with Gasteiger partial charge >= 0.3 is 0 Å². The number of benzene rings is 8. The average molecular weight is 520 g/mol. The zero-order valence-corrected chi connectivity index (χ0v) is 22.4. The highest BCUT2D eigenvalue weighted by molar-refractivity contribution is 6.36. The Morgan fingerprint density at radius 3 is 1.78 bits per heavy atom. The second-order valence-corrected chi connectivity index (χ2v) is 10.9. The fourth-order valence-corrected chi connectivity index (χ4v) is 6.88. The van der Waals surface area contributed by atoms with Crippen LogP contribution in [0.1, 0.15) is 0 Å². The summed E-state index contributed by atoms with van der Waals surface area (Å²) in [5, 5.41) is 12.9. The first-order chi connectivity index (χ1) is 20.3. The van der Waals surface area contributed by atoms with Crippen LogP contribution in [-0.4, -0.2) is 4.57 Å². The molecule has 0 amide bonds. The summed E-state index contributed by atoms with van der Waals surface area (Å²) < 4.78 is 2.47. The van der Waals surface area contributed by atoms with Crippen molar-refractivity contribution in [2.24, 2.45) is 0 Å². The number of nitrogens with zero attached hydrogens (tertiary/aromatic N) is 1. The van der Waals surface area contributed by atoms with Gasteiger partial charge < -0.3 is 4.57 Å². The van der Waals surface area contributed by atoms with E-state index in [4.69, 9.17) is 0 Å². The number of hydrogen-bond donors (Lipinski definition) is 0. The molecule has 0 unspecified atom stereocenters. The van der Waals surface area contributed by atoms with Crippen LogP contribution < -0.4 is 0 Å². The van der Waals surface area contributed by atoms with Crippen LogP contribution in [0.25, 0.3) is 81.7 Å². The summed E-state index contributed by atoms with van der Waals surface area (Å²) in [5.74, 6) is 0. The van der Waals surface area contributed by atoms with Crippen molar-refractivity contribution in [1.82, 2.24) is 4.57 Å². The van der Waals surface area contributed by atoms with Crippen LogP contribution in [0.4, 0.5) is 0 Å². The summed E-state index contributed by atoms with van der Waals surface area (Å²) in [4.78, 5) is 0. The van der Waals surface area contributed by atoms with Crippen molar-refractivity contribution in [3.8, 4) is 16.8 Å². The van der Waals surface area contributed by atoms with E-state index in [0.29, 0.717) is 0 Å². The maximum absolute atomic E-state index is 2.47. The molecule has 0 saturated heterocycles. The van der Waals surface area contributed by atoms with Crippen molar-refractivity contribution >= 4 is 64.9 Å². The molecular weight excluding hydrogens is 494 g/mol. The van der Waals surface area contributed by atoms with Gasteiger partial charge in [0.05, 0.1) is 11.0 Å². The van der Waals surface area contributed by atoms with Gasteiger partial charge in [-0.2, -0.15) is 0 Å².